The van der Waals surface area contributed by atoms with Gasteiger partial charge in [0.1, 0.15) is 11.8 Å². The van der Waals surface area contributed by atoms with Crippen LogP contribution in [0.1, 0.15) is 46.1 Å². The summed E-state index contributed by atoms with van der Waals surface area (Å²) in [6.45, 7) is 4.61. The predicted octanol–water partition coefficient (Wildman–Crippen LogP) is 4.22. The smallest absolute Gasteiger partial charge is 0.318 e. The molecule has 226 valence electrons. The van der Waals surface area contributed by atoms with Crippen LogP contribution in [0.25, 0.3) is 0 Å². The van der Waals surface area contributed by atoms with Gasteiger partial charge >= 0.3 is 6.03 Å². The zero-order valence-corrected chi connectivity index (χ0v) is 24.9. The molecule has 0 radical (unpaired) electrons. The lowest BCUT2D eigenvalue weighted by Crippen LogP contribution is -2.56. The van der Waals surface area contributed by atoms with E-state index in [1.165, 1.54) is 35.6 Å². The minimum atomic E-state index is -0.951. The van der Waals surface area contributed by atoms with Crippen LogP contribution >= 0.6 is 11.3 Å². The number of hydrogen-bond donors (Lipinski definition) is 2. The number of carbonyl (C=O) groups excluding carboxylic acids is 3. The van der Waals surface area contributed by atoms with Gasteiger partial charge in [-0.25, -0.2) is 4.79 Å². The van der Waals surface area contributed by atoms with Crippen LogP contribution < -0.4 is 15.4 Å². The second-order valence-corrected chi connectivity index (χ2v) is 11.6. The quantitative estimate of drug-likeness (QED) is 0.212. The average molecular weight is 606 g/mol. The molecule has 11 nitrogen and oxygen atoms in total. The largest absolute Gasteiger partial charge is 0.497 e. The molecular formula is C31H35N5O6S. The number of nitrogens with zero attached hydrogens (tertiary/aromatic N) is 3. The number of likely N-dealkylation sites (tertiary alicyclic amines) is 1. The SMILES string of the molecule is CCCNC(=O)N1C(C(=O)N2CCNCC2)C(c2cccs2)C(C(=O)c2ccc([N+](=O)[O-])cc2)C1c1ccc(OC)cc1. The van der Waals surface area contributed by atoms with Crippen LogP contribution in [0, 0.1) is 16.0 Å². The number of nitro benzene ring substituents is 1. The lowest BCUT2D eigenvalue weighted by atomic mass is 9.78. The van der Waals surface area contributed by atoms with Gasteiger partial charge in [0.15, 0.2) is 5.78 Å². The Morgan fingerprint density at radius 3 is 2.35 bits per heavy atom. The van der Waals surface area contributed by atoms with Crippen molar-refractivity contribution in [1.29, 1.82) is 0 Å². The Kier molecular flexibility index (Phi) is 9.37. The first kappa shape index (κ1) is 30.2. The van der Waals surface area contributed by atoms with Crippen molar-refractivity contribution < 1.29 is 24.0 Å². The molecule has 2 fully saturated rings. The first-order chi connectivity index (χ1) is 20.8. The summed E-state index contributed by atoms with van der Waals surface area (Å²) in [5.74, 6) is -1.38. The number of thiophene rings is 1. The molecular weight excluding hydrogens is 570 g/mol. The zero-order valence-electron chi connectivity index (χ0n) is 24.1. The third-order valence-corrected chi connectivity index (χ3v) is 9.08. The highest BCUT2D eigenvalue weighted by atomic mass is 32.1. The van der Waals surface area contributed by atoms with Crippen molar-refractivity contribution in [2.75, 3.05) is 39.8 Å². The number of ether oxygens (including phenoxy) is 1. The summed E-state index contributed by atoms with van der Waals surface area (Å²) < 4.78 is 5.37. The van der Waals surface area contributed by atoms with E-state index in [1.54, 1.807) is 29.0 Å². The number of piperazine rings is 1. The summed E-state index contributed by atoms with van der Waals surface area (Å²) in [6, 6.07) is 14.3. The standard InChI is InChI=1S/C31H35N5O6S/c1-3-14-33-31(39)35-27(20-8-12-23(42-2)13-9-20)26(29(37)21-6-10-22(11-7-21)36(40)41)25(24-5-4-19-43-24)28(35)30(38)34-17-15-32-16-18-34/h4-13,19,25-28,32H,3,14-18H2,1-2H3,(H,33,39). The van der Waals surface area contributed by atoms with Gasteiger partial charge in [-0.3, -0.25) is 19.7 Å². The Bertz CT molecular complexity index is 1440. The summed E-state index contributed by atoms with van der Waals surface area (Å²) in [5, 5.41) is 19.5. The topological polar surface area (TPSA) is 134 Å². The van der Waals surface area contributed by atoms with Crippen molar-refractivity contribution in [1.82, 2.24) is 20.4 Å². The first-order valence-electron chi connectivity index (χ1n) is 14.4. The van der Waals surface area contributed by atoms with Crippen molar-refractivity contribution in [3.63, 3.8) is 0 Å². The van der Waals surface area contributed by atoms with Gasteiger partial charge < -0.3 is 25.2 Å². The maximum atomic E-state index is 14.6. The van der Waals surface area contributed by atoms with Crippen LogP contribution in [0.3, 0.4) is 0 Å². The first-order valence-corrected chi connectivity index (χ1v) is 15.2. The number of Topliss-reactive ketones (excluding diaryl/α,β-unsaturated/α-hetero) is 1. The molecule has 3 amide bonds. The Balaban J connectivity index is 1.70. The summed E-state index contributed by atoms with van der Waals surface area (Å²) in [4.78, 5) is 58.1. The number of methoxy groups -OCH3 is 1. The molecule has 4 unspecified atom stereocenters. The van der Waals surface area contributed by atoms with Crippen LogP contribution in [0.4, 0.5) is 10.5 Å². The van der Waals surface area contributed by atoms with Crippen molar-refractivity contribution in [2.45, 2.75) is 31.3 Å². The molecule has 43 heavy (non-hydrogen) atoms. The molecule has 12 heteroatoms. The fraction of sp³-hybridized carbons (Fsp3) is 0.387. The zero-order chi connectivity index (χ0) is 30.5. The third-order valence-electron chi connectivity index (χ3n) is 8.10. The number of ketones is 1. The molecule has 2 N–H and O–H groups in total. The number of nitro groups is 1. The van der Waals surface area contributed by atoms with E-state index in [9.17, 15) is 24.5 Å². The normalized spacial score (nSPS) is 21.8. The van der Waals surface area contributed by atoms with E-state index in [0.717, 1.165) is 4.88 Å². The molecule has 2 aliphatic rings. The summed E-state index contributed by atoms with van der Waals surface area (Å²) in [6.07, 6.45) is 0.697. The second kappa shape index (κ2) is 13.3. The second-order valence-electron chi connectivity index (χ2n) is 10.6. The fourth-order valence-corrected chi connectivity index (χ4v) is 6.97. The highest BCUT2D eigenvalue weighted by molar-refractivity contribution is 7.10. The van der Waals surface area contributed by atoms with E-state index >= 15 is 0 Å². The van der Waals surface area contributed by atoms with Crippen LogP contribution in [-0.2, 0) is 4.79 Å². The molecule has 2 aliphatic heterocycles. The van der Waals surface area contributed by atoms with E-state index in [0.29, 0.717) is 50.5 Å². The lowest BCUT2D eigenvalue weighted by Gasteiger charge is -2.36. The molecule has 4 atom stereocenters. The van der Waals surface area contributed by atoms with E-state index in [-0.39, 0.29) is 22.9 Å². The van der Waals surface area contributed by atoms with Crippen molar-refractivity contribution in [2.24, 2.45) is 5.92 Å². The van der Waals surface area contributed by atoms with Gasteiger partial charge in [0, 0.05) is 61.2 Å². The van der Waals surface area contributed by atoms with Crippen molar-refractivity contribution in [3.8, 4) is 5.75 Å². The number of benzene rings is 2. The van der Waals surface area contributed by atoms with E-state index in [4.69, 9.17) is 4.74 Å². The predicted molar refractivity (Wildman–Crippen MR) is 162 cm³/mol. The van der Waals surface area contributed by atoms with Crippen LogP contribution in [0.5, 0.6) is 5.75 Å². The molecule has 2 aromatic carbocycles. The summed E-state index contributed by atoms with van der Waals surface area (Å²) in [5.41, 5.74) is 0.835. The Morgan fingerprint density at radius 1 is 1.07 bits per heavy atom. The number of urea groups is 1. The van der Waals surface area contributed by atoms with Crippen LogP contribution in [0.15, 0.2) is 66.0 Å². The number of hydrogen-bond acceptors (Lipinski definition) is 8. The van der Waals surface area contributed by atoms with Crippen LogP contribution in [-0.4, -0.2) is 78.3 Å². The molecule has 3 heterocycles. The van der Waals surface area contributed by atoms with Gasteiger partial charge in [-0.15, -0.1) is 11.3 Å². The van der Waals surface area contributed by atoms with Gasteiger partial charge in [0.05, 0.1) is 24.0 Å². The minimum Gasteiger partial charge on any atom is -0.497 e. The number of nitrogens with one attached hydrogen (secondary N) is 2. The van der Waals surface area contributed by atoms with E-state index in [2.05, 4.69) is 10.6 Å². The number of non-ortho nitro benzene ring substituents is 1. The molecule has 0 bridgehead atoms. The maximum absolute atomic E-state index is 14.6. The molecule has 3 aromatic rings. The molecule has 0 spiro atoms. The van der Waals surface area contributed by atoms with Gasteiger partial charge in [-0.1, -0.05) is 25.1 Å². The van der Waals surface area contributed by atoms with E-state index in [1.807, 2.05) is 36.6 Å². The molecule has 1 aromatic heterocycles. The third kappa shape index (κ3) is 6.11. The molecule has 5 rings (SSSR count). The van der Waals surface area contributed by atoms with Gasteiger partial charge in [0.25, 0.3) is 5.69 Å². The highest BCUT2D eigenvalue weighted by Crippen LogP contribution is 2.52. The fourth-order valence-electron chi connectivity index (χ4n) is 6.06. The van der Waals surface area contributed by atoms with Crippen LogP contribution in [0.2, 0.25) is 0 Å². The summed E-state index contributed by atoms with van der Waals surface area (Å²) in [7, 11) is 1.56. The number of rotatable bonds is 9. The van der Waals surface area contributed by atoms with Gasteiger partial charge in [0.2, 0.25) is 5.91 Å². The minimum absolute atomic E-state index is 0.128. The average Bonchev–Trinajstić information content (AvgIpc) is 3.70. The van der Waals surface area contributed by atoms with Gasteiger partial charge in [-0.05, 0) is 47.7 Å². The van der Waals surface area contributed by atoms with Gasteiger partial charge in [-0.2, -0.15) is 0 Å². The van der Waals surface area contributed by atoms with Crippen molar-refractivity contribution in [3.05, 3.63) is 92.2 Å². The Morgan fingerprint density at radius 2 is 1.77 bits per heavy atom. The number of carbonyl (C=O) groups is 3. The Hall–Kier alpha value is -4.29. The number of amides is 3. The Labute approximate surface area is 254 Å². The maximum Gasteiger partial charge on any atom is 0.318 e. The highest BCUT2D eigenvalue weighted by Gasteiger charge is 2.58. The molecule has 2 saturated heterocycles. The molecule has 0 saturated carbocycles. The summed E-state index contributed by atoms with van der Waals surface area (Å²) >= 11 is 1.44. The van der Waals surface area contributed by atoms with Crippen molar-refractivity contribution >= 4 is 34.7 Å². The lowest BCUT2D eigenvalue weighted by molar-refractivity contribution is -0.384. The molecule has 0 aliphatic carbocycles. The monoisotopic (exact) mass is 605 g/mol. The van der Waals surface area contributed by atoms with E-state index < -0.39 is 34.9 Å².